The van der Waals surface area contributed by atoms with Crippen LogP contribution in [-0.4, -0.2) is 69.4 Å². The van der Waals surface area contributed by atoms with Crippen molar-refractivity contribution in [1.29, 1.82) is 0 Å². The summed E-state index contributed by atoms with van der Waals surface area (Å²) in [6, 6.07) is 0. The standard InChI is InChI=1S/C17H32O7S.Na.H/c1-2-3-4-5-6-7-8-9-10-11-12-13-17(16(20)21,14-15(18)19)25(22,23)24;;/h2-14H2,1H3,(H,18,19)(H,20,21)(H,22,23,24);;. The summed E-state index contributed by atoms with van der Waals surface area (Å²) in [7, 11) is -5.01. The molecule has 0 aromatic rings. The molecule has 0 radical (unpaired) electrons. The van der Waals surface area contributed by atoms with Crippen molar-refractivity contribution in [2.24, 2.45) is 0 Å². The van der Waals surface area contributed by atoms with E-state index in [0.29, 0.717) is 6.42 Å². The van der Waals surface area contributed by atoms with Gasteiger partial charge in [0, 0.05) is 0 Å². The van der Waals surface area contributed by atoms with Crippen LogP contribution in [-0.2, 0) is 19.7 Å². The Kier molecular flexibility index (Phi) is 16.0. The van der Waals surface area contributed by atoms with Gasteiger partial charge in [0.2, 0.25) is 4.75 Å². The first-order valence-electron chi connectivity index (χ1n) is 9.09. The van der Waals surface area contributed by atoms with Crippen LogP contribution in [0.15, 0.2) is 0 Å². The van der Waals surface area contributed by atoms with E-state index in [1.807, 2.05) is 0 Å². The molecule has 1 atom stereocenters. The Labute approximate surface area is 179 Å². The fourth-order valence-corrected chi connectivity index (χ4v) is 3.85. The number of unbranched alkanes of at least 4 members (excludes halogenated alkanes) is 10. The van der Waals surface area contributed by atoms with Crippen molar-refractivity contribution < 1.29 is 32.8 Å². The summed E-state index contributed by atoms with van der Waals surface area (Å²) in [5.41, 5.74) is 0. The van der Waals surface area contributed by atoms with Gasteiger partial charge in [-0.1, -0.05) is 77.6 Å². The summed E-state index contributed by atoms with van der Waals surface area (Å²) in [5, 5.41) is 18.0. The van der Waals surface area contributed by atoms with E-state index in [1.165, 1.54) is 32.1 Å². The Morgan fingerprint density at radius 1 is 0.808 bits per heavy atom. The minimum absolute atomic E-state index is 0. The zero-order valence-electron chi connectivity index (χ0n) is 15.1. The molecule has 0 spiro atoms. The van der Waals surface area contributed by atoms with Crippen LogP contribution in [0.3, 0.4) is 0 Å². The maximum absolute atomic E-state index is 11.5. The topological polar surface area (TPSA) is 129 Å². The van der Waals surface area contributed by atoms with Gasteiger partial charge in [0.1, 0.15) is 0 Å². The summed E-state index contributed by atoms with van der Waals surface area (Å²) in [6.07, 6.45) is 9.62. The summed E-state index contributed by atoms with van der Waals surface area (Å²) in [4.78, 5) is 22.1. The Morgan fingerprint density at radius 3 is 1.50 bits per heavy atom. The molecule has 7 nitrogen and oxygen atoms in total. The minimum atomic E-state index is -5.01. The molecule has 3 N–H and O–H groups in total. The molecule has 0 aromatic carbocycles. The van der Waals surface area contributed by atoms with Gasteiger partial charge in [0.05, 0.1) is 6.42 Å². The third-order valence-electron chi connectivity index (χ3n) is 4.50. The molecule has 0 bridgehead atoms. The van der Waals surface area contributed by atoms with Gasteiger partial charge in [-0.2, -0.15) is 8.42 Å². The third kappa shape index (κ3) is 10.9. The van der Waals surface area contributed by atoms with Gasteiger partial charge in [-0.15, -0.1) is 0 Å². The molecule has 0 aromatic heterocycles. The monoisotopic (exact) mass is 404 g/mol. The number of rotatable bonds is 16. The molecule has 0 fully saturated rings. The predicted molar refractivity (Wildman–Crippen MR) is 102 cm³/mol. The first-order chi connectivity index (χ1) is 11.7. The molecular weight excluding hydrogens is 371 g/mol. The number of aliphatic carboxylic acids is 2. The van der Waals surface area contributed by atoms with Gasteiger partial charge in [-0.05, 0) is 6.42 Å². The fraction of sp³-hybridized carbons (Fsp3) is 0.882. The molecular formula is C17H33NaO7S. The summed E-state index contributed by atoms with van der Waals surface area (Å²) >= 11 is 0. The van der Waals surface area contributed by atoms with Gasteiger partial charge >= 0.3 is 41.5 Å². The van der Waals surface area contributed by atoms with Crippen LogP contribution in [0.5, 0.6) is 0 Å². The molecule has 0 aliphatic carbocycles. The van der Waals surface area contributed by atoms with Gasteiger partial charge in [-0.25, -0.2) is 0 Å². The molecule has 1 unspecified atom stereocenters. The van der Waals surface area contributed by atoms with Crippen molar-refractivity contribution >= 4 is 51.6 Å². The summed E-state index contributed by atoms with van der Waals surface area (Å²) in [5.74, 6) is -3.38. The van der Waals surface area contributed by atoms with Gasteiger partial charge < -0.3 is 10.2 Å². The molecule has 0 aliphatic rings. The Morgan fingerprint density at radius 2 is 1.19 bits per heavy atom. The molecule has 150 valence electrons. The van der Waals surface area contributed by atoms with Crippen LogP contribution < -0.4 is 0 Å². The van der Waals surface area contributed by atoms with Crippen molar-refractivity contribution in [3.05, 3.63) is 0 Å². The average molecular weight is 405 g/mol. The van der Waals surface area contributed by atoms with Crippen molar-refractivity contribution in [3.8, 4) is 0 Å². The Balaban J connectivity index is 0. The number of carboxylic acids is 2. The first-order valence-corrected chi connectivity index (χ1v) is 10.5. The molecule has 0 amide bonds. The van der Waals surface area contributed by atoms with Gasteiger partial charge in [0.15, 0.2) is 0 Å². The van der Waals surface area contributed by atoms with E-state index in [2.05, 4.69) is 6.92 Å². The second kappa shape index (κ2) is 14.9. The van der Waals surface area contributed by atoms with E-state index in [0.717, 1.165) is 25.7 Å². The predicted octanol–water partition coefficient (Wildman–Crippen LogP) is 3.22. The number of hydrogen-bond donors (Lipinski definition) is 3. The maximum atomic E-state index is 11.5. The molecule has 0 heterocycles. The fourth-order valence-electron chi connectivity index (χ4n) is 2.92. The molecule has 0 saturated heterocycles. The van der Waals surface area contributed by atoms with Crippen molar-refractivity contribution in [2.45, 2.75) is 95.1 Å². The van der Waals surface area contributed by atoms with Crippen LogP contribution in [0.25, 0.3) is 0 Å². The molecule has 0 saturated carbocycles. The van der Waals surface area contributed by atoms with E-state index < -0.39 is 39.6 Å². The number of hydrogen-bond acceptors (Lipinski definition) is 4. The normalized spacial score (nSPS) is 13.6. The zero-order chi connectivity index (χ0) is 19.3. The van der Waals surface area contributed by atoms with Gasteiger partial charge in [0.25, 0.3) is 10.1 Å². The summed E-state index contributed by atoms with van der Waals surface area (Å²) < 4.78 is 29.5. The molecule has 0 aliphatic heterocycles. The molecule has 0 rings (SSSR count). The molecule has 9 heteroatoms. The van der Waals surface area contributed by atoms with Crippen molar-refractivity contribution in [1.82, 2.24) is 0 Å². The van der Waals surface area contributed by atoms with E-state index in [4.69, 9.17) is 10.2 Å². The van der Waals surface area contributed by atoms with Crippen LogP contribution in [0.4, 0.5) is 0 Å². The van der Waals surface area contributed by atoms with E-state index in [9.17, 15) is 22.6 Å². The second-order valence-electron chi connectivity index (χ2n) is 6.63. The Bertz CT molecular complexity index is 507. The van der Waals surface area contributed by atoms with E-state index in [1.54, 1.807) is 0 Å². The number of carbonyl (C=O) groups is 2. The van der Waals surface area contributed by atoms with Crippen LogP contribution in [0.2, 0.25) is 0 Å². The molecule has 26 heavy (non-hydrogen) atoms. The quantitative estimate of drug-likeness (QED) is 0.205. The SMILES string of the molecule is CCCCCCCCCCCCCC(CC(=O)O)(C(=O)O)S(=O)(=O)O.[NaH]. The van der Waals surface area contributed by atoms with Crippen molar-refractivity contribution in [3.63, 3.8) is 0 Å². The first kappa shape index (κ1) is 28.1. The summed E-state index contributed by atoms with van der Waals surface area (Å²) in [6.45, 7) is 2.18. The van der Waals surface area contributed by atoms with Crippen molar-refractivity contribution in [2.75, 3.05) is 0 Å². The van der Waals surface area contributed by atoms with Gasteiger partial charge in [-0.3, -0.25) is 14.1 Å². The zero-order valence-corrected chi connectivity index (χ0v) is 15.9. The van der Waals surface area contributed by atoms with Crippen LogP contribution in [0.1, 0.15) is 90.4 Å². The van der Waals surface area contributed by atoms with Crippen LogP contribution in [0, 0.1) is 0 Å². The third-order valence-corrected chi connectivity index (χ3v) is 6.02. The van der Waals surface area contributed by atoms with E-state index >= 15 is 0 Å². The van der Waals surface area contributed by atoms with E-state index in [-0.39, 0.29) is 36.0 Å². The van der Waals surface area contributed by atoms with Crippen LogP contribution >= 0.6 is 0 Å². The second-order valence-corrected chi connectivity index (χ2v) is 8.36. The Hall–Kier alpha value is -0.150. The number of carboxylic acid groups (broad SMARTS) is 2. The average Bonchev–Trinajstić information content (AvgIpc) is 2.49.